The van der Waals surface area contributed by atoms with E-state index < -0.39 is 6.36 Å². The van der Waals surface area contributed by atoms with Crippen LogP contribution in [0.3, 0.4) is 0 Å². The van der Waals surface area contributed by atoms with Crippen LogP contribution in [0.1, 0.15) is 50.2 Å². The van der Waals surface area contributed by atoms with Crippen molar-refractivity contribution in [3.05, 3.63) is 90.0 Å². The Balaban J connectivity index is 1.09. The summed E-state index contributed by atoms with van der Waals surface area (Å²) in [6.07, 6.45) is 0.169. The fraction of sp³-hybridized carbons (Fsp3) is 0.333. The standard InChI is InChI=1S/C33H34F4N6O2S/c1-22(2)28-20-25(34)11-16-29(28)42-18-5-19-46-32(42)40-31(44)38-17-4-3-6-23-7-9-24(10-8-23)30-39-21-43(41-30)26-12-14-27(15-13-26)45-33(35,36)37/h7-16,20-22H,3-6,17-19H2,1-2H3,(H,38,44)/b40-32-. The lowest BCUT2D eigenvalue weighted by Gasteiger charge is -2.32. The third-order valence-corrected chi connectivity index (χ3v) is 8.36. The molecule has 242 valence electrons. The smallest absolute Gasteiger partial charge is 0.406 e. The largest absolute Gasteiger partial charge is 0.573 e. The molecule has 46 heavy (non-hydrogen) atoms. The van der Waals surface area contributed by atoms with Gasteiger partial charge in [-0.25, -0.2) is 18.9 Å². The SMILES string of the molecule is CC(C)c1cc(F)ccc1N1CCCS/C1=N\C(=O)NCCCCc1ccc(-c2ncn(-c3ccc(OC(F)(F)F)cc3)n2)cc1. The lowest BCUT2D eigenvalue weighted by atomic mass is 10.00. The first kappa shape index (κ1) is 33.0. The summed E-state index contributed by atoms with van der Waals surface area (Å²) < 4.78 is 56.5. The molecule has 0 radical (unpaired) electrons. The molecular weight excluding hydrogens is 620 g/mol. The first-order valence-electron chi connectivity index (χ1n) is 15.0. The van der Waals surface area contributed by atoms with Crippen LogP contribution in [0.5, 0.6) is 5.75 Å². The number of unbranched alkanes of at least 4 members (excludes halogenated alkanes) is 1. The fourth-order valence-electron chi connectivity index (χ4n) is 5.03. The van der Waals surface area contributed by atoms with Gasteiger partial charge < -0.3 is 15.0 Å². The molecule has 0 spiro atoms. The molecule has 1 saturated heterocycles. The molecule has 1 aromatic heterocycles. The molecule has 0 saturated carbocycles. The average Bonchev–Trinajstić information content (AvgIpc) is 3.52. The van der Waals surface area contributed by atoms with Crippen molar-refractivity contribution in [3.63, 3.8) is 0 Å². The summed E-state index contributed by atoms with van der Waals surface area (Å²) in [7, 11) is 0. The number of thioether (sulfide) groups is 1. The number of amides is 2. The van der Waals surface area contributed by atoms with Crippen LogP contribution >= 0.6 is 11.8 Å². The van der Waals surface area contributed by atoms with E-state index in [1.54, 1.807) is 12.1 Å². The lowest BCUT2D eigenvalue weighted by Crippen LogP contribution is -2.36. The van der Waals surface area contributed by atoms with E-state index in [4.69, 9.17) is 0 Å². The number of ether oxygens (including phenoxy) is 1. The molecule has 2 heterocycles. The van der Waals surface area contributed by atoms with Crippen LogP contribution in [0.2, 0.25) is 0 Å². The van der Waals surface area contributed by atoms with E-state index in [9.17, 15) is 22.4 Å². The van der Waals surface area contributed by atoms with Crippen LogP contribution in [-0.4, -0.2) is 51.2 Å². The van der Waals surface area contributed by atoms with Gasteiger partial charge in [-0.1, -0.05) is 49.9 Å². The number of carbonyl (C=O) groups excluding carboxylic acids is 1. The number of aryl methyl sites for hydroxylation is 1. The first-order valence-corrected chi connectivity index (χ1v) is 16.0. The molecule has 4 aromatic rings. The Morgan fingerprint density at radius 2 is 1.83 bits per heavy atom. The number of benzene rings is 3. The lowest BCUT2D eigenvalue weighted by molar-refractivity contribution is -0.274. The molecule has 0 aliphatic carbocycles. The number of aliphatic imine (C=N–C) groups is 1. The van der Waals surface area contributed by atoms with Gasteiger partial charge in [-0.3, -0.25) is 0 Å². The number of alkyl halides is 3. The number of rotatable bonds is 10. The zero-order chi connectivity index (χ0) is 32.7. The summed E-state index contributed by atoms with van der Waals surface area (Å²) >= 11 is 1.53. The predicted octanol–water partition coefficient (Wildman–Crippen LogP) is 8.13. The number of nitrogens with zero attached hydrogens (tertiary/aromatic N) is 5. The molecule has 0 atom stereocenters. The third kappa shape index (κ3) is 8.87. The predicted molar refractivity (Wildman–Crippen MR) is 172 cm³/mol. The number of aromatic nitrogens is 3. The van der Waals surface area contributed by atoms with Crippen molar-refractivity contribution in [2.45, 2.75) is 51.8 Å². The highest BCUT2D eigenvalue weighted by Gasteiger charge is 2.31. The van der Waals surface area contributed by atoms with Crippen LogP contribution in [0.4, 0.5) is 28.0 Å². The minimum Gasteiger partial charge on any atom is -0.406 e. The Labute approximate surface area is 268 Å². The normalized spacial score (nSPS) is 14.6. The second kappa shape index (κ2) is 14.8. The molecule has 1 aliphatic rings. The topological polar surface area (TPSA) is 84.6 Å². The highest BCUT2D eigenvalue weighted by Crippen LogP contribution is 2.33. The fourth-order valence-corrected chi connectivity index (χ4v) is 5.97. The molecule has 5 rings (SSSR count). The highest BCUT2D eigenvalue weighted by molar-refractivity contribution is 8.14. The Kier molecular flexibility index (Phi) is 10.6. The van der Waals surface area contributed by atoms with Gasteiger partial charge in [-0.2, -0.15) is 4.99 Å². The number of amidine groups is 1. The van der Waals surface area contributed by atoms with Crippen LogP contribution in [0.25, 0.3) is 17.1 Å². The summed E-state index contributed by atoms with van der Waals surface area (Å²) in [6.45, 7) is 5.26. The van der Waals surface area contributed by atoms with Gasteiger partial charge in [-0.05, 0) is 85.2 Å². The van der Waals surface area contributed by atoms with E-state index in [1.165, 1.54) is 53.1 Å². The third-order valence-electron chi connectivity index (χ3n) is 7.29. The van der Waals surface area contributed by atoms with Crippen molar-refractivity contribution in [3.8, 4) is 22.8 Å². The van der Waals surface area contributed by atoms with Crippen LogP contribution < -0.4 is 15.0 Å². The van der Waals surface area contributed by atoms with Gasteiger partial charge in [0.25, 0.3) is 0 Å². The molecule has 2 amide bonds. The Morgan fingerprint density at radius 1 is 1.07 bits per heavy atom. The van der Waals surface area contributed by atoms with E-state index in [0.717, 1.165) is 60.4 Å². The molecule has 8 nitrogen and oxygen atoms in total. The summed E-state index contributed by atoms with van der Waals surface area (Å²) in [6, 6.07) is 17.6. The average molecular weight is 655 g/mol. The van der Waals surface area contributed by atoms with E-state index in [-0.39, 0.29) is 23.5 Å². The molecule has 0 unspecified atom stereocenters. The maximum absolute atomic E-state index is 13.9. The zero-order valence-corrected chi connectivity index (χ0v) is 26.2. The second-order valence-corrected chi connectivity index (χ2v) is 12.1. The zero-order valence-electron chi connectivity index (χ0n) is 25.4. The molecular formula is C33H34F4N6O2S. The second-order valence-electron chi connectivity index (χ2n) is 11.0. The van der Waals surface area contributed by atoms with Crippen LogP contribution in [0, 0.1) is 5.82 Å². The number of urea groups is 1. The number of anilines is 1. The quantitative estimate of drug-likeness (QED) is 0.137. The van der Waals surface area contributed by atoms with Gasteiger partial charge >= 0.3 is 12.4 Å². The van der Waals surface area contributed by atoms with Crippen molar-refractivity contribution < 1.29 is 27.1 Å². The van der Waals surface area contributed by atoms with Crippen molar-refractivity contribution in [2.24, 2.45) is 4.99 Å². The summed E-state index contributed by atoms with van der Waals surface area (Å²) in [5, 5.41) is 7.96. The van der Waals surface area contributed by atoms with Crippen molar-refractivity contribution >= 4 is 28.6 Å². The summed E-state index contributed by atoms with van der Waals surface area (Å²) in [5.74, 6) is 0.902. The highest BCUT2D eigenvalue weighted by atomic mass is 32.2. The van der Waals surface area contributed by atoms with Gasteiger partial charge in [0.1, 0.15) is 17.9 Å². The van der Waals surface area contributed by atoms with Crippen LogP contribution in [0.15, 0.2) is 78.0 Å². The van der Waals surface area contributed by atoms with Crippen molar-refractivity contribution in [2.75, 3.05) is 23.7 Å². The van der Waals surface area contributed by atoms with Crippen molar-refractivity contribution in [1.29, 1.82) is 0 Å². The number of hydrogen-bond donors (Lipinski definition) is 1. The van der Waals surface area contributed by atoms with Gasteiger partial charge in [0.2, 0.25) is 0 Å². The Hall–Kier alpha value is -4.39. The van der Waals surface area contributed by atoms with Gasteiger partial charge in [-0.15, -0.1) is 18.3 Å². The van der Waals surface area contributed by atoms with E-state index in [1.807, 2.05) is 43.0 Å². The molecule has 0 bridgehead atoms. The van der Waals surface area contributed by atoms with Gasteiger partial charge in [0.05, 0.1) is 5.69 Å². The van der Waals surface area contributed by atoms with Crippen molar-refractivity contribution in [1.82, 2.24) is 20.1 Å². The van der Waals surface area contributed by atoms with Crippen LogP contribution in [-0.2, 0) is 6.42 Å². The van der Waals surface area contributed by atoms with Gasteiger partial charge in [0, 0.05) is 30.1 Å². The molecule has 13 heteroatoms. The van der Waals surface area contributed by atoms with Gasteiger partial charge in [0.15, 0.2) is 11.0 Å². The summed E-state index contributed by atoms with van der Waals surface area (Å²) in [5.41, 5.74) is 4.26. The molecule has 1 fully saturated rings. The maximum Gasteiger partial charge on any atom is 0.573 e. The minimum atomic E-state index is -4.75. The number of hydrogen-bond acceptors (Lipinski definition) is 5. The maximum atomic E-state index is 13.9. The monoisotopic (exact) mass is 654 g/mol. The number of halogens is 4. The summed E-state index contributed by atoms with van der Waals surface area (Å²) in [4.78, 5) is 23.4. The number of nitrogens with one attached hydrogen (secondary N) is 1. The first-order chi connectivity index (χ1) is 22.1. The Morgan fingerprint density at radius 3 is 2.54 bits per heavy atom. The van der Waals surface area contributed by atoms with E-state index in [0.29, 0.717) is 23.2 Å². The molecule has 1 N–H and O–H groups in total. The van der Waals surface area contributed by atoms with E-state index >= 15 is 0 Å². The number of carbonyl (C=O) groups is 1. The Bertz CT molecular complexity index is 1660. The van der Waals surface area contributed by atoms with E-state index in [2.05, 4.69) is 25.1 Å². The molecule has 1 aliphatic heterocycles. The molecule has 3 aromatic carbocycles. The minimum absolute atomic E-state index is 0.128.